The van der Waals surface area contributed by atoms with Crippen LogP contribution in [0.5, 0.6) is 0 Å². The standard InChI is InChI=1S/C6H8N2O2/c7-5-2-1-3-6(4-5)8(9)10/h1-2,4,6H,3,7H2. The molecule has 1 aliphatic rings. The third kappa shape index (κ3) is 1.34. The predicted molar refractivity (Wildman–Crippen MR) is 36.8 cm³/mol. The van der Waals surface area contributed by atoms with Crippen molar-refractivity contribution in [3.63, 3.8) is 0 Å². The molecule has 1 rings (SSSR count). The smallest absolute Gasteiger partial charge is 0.236 e. The normalized spacial score (nSPS) is 24.0. The Bertz CT molecular complexity index is 208. The molecule has 0 aromatic rings. The maximum Gasteiger partial charge on any atom is 0.236 e. The number of hydrogen-bond acceptors (Lipinski definition) is 3. The Kier molecular flexibility index (Phi) is 1.71. The first kappa shape index (κ1) is 6.80. The summed E-state index contributed by atoms with van der Waals surface area (Å²) >= 11 is 0. The van der Waals surface area contributed by atoms with Gasteiger partial charge in [-0.25, -0.2) is 0 Å². The number of allylic oxidation sites excluding steroid dienone is 1. The topological polar surface area (TPSA) is 69.2 Å². The summed E-state index contributed by atoms with van der Waals surface area (Å²) in [5, 5.41) is 10.2. The molecule has 0 heterocycles. The minimum Gasteiger partial charge on any atom is -0.399 e. The van der Waals surface area contributed by atoms with E-state index in [4.69, 9.17) is 5.73 Å². The molecule has 1 aliphatic carbocycles. The number of hydrogen-bond donors (Lipinski definition) is 1. The molecule has 0 radical (unpaired) electrons. The van der Waals surface area contributed by atoms with Crippen LogP contribution in [0.15, 0.2) is 23.9 Å². The fourth-order valence-corrected chi connectivity index (χ4v) is 0.836. The maximum absolute atomic E-state index is 10.2. The highest BCUT2D eigenvalue weighted by Gasteiger charge is 2.17. The highest BCUT2D eigenvalue weighted by atomic mass is 16.6. The molecule has 10 heavy (non-hydrogen) atoms. The van der Waals surface area contributed by atoms with E-state index in [9.17, 15) is 10.1 Å². The van der Waals surface area contributed by atoms with Crippen LogP contribution < -0.4 is 5.73 Å². The zero-order valence-corrected chi connectivity index (χ0v) is 5.36. The number of nitro groups is 1. The summed E-state index contributed by atoms with van der Waals surface area (Å²) in [6, 6.07) is -0.620. The summed E-state index contributed by atoms with van der Waals surface area (Å²) in [6.07, 6.45) is 5.30. The van der Waals surface area contributed by atoms with Gasteiger partial charge in [-0.1, -0.05) is 6.08 Å². The molecule has 0 aromatic carbocycles. The molecule has 1 atom stereocenters. The van der Waals surface area contributed by atoms with Gasteiger partial charge in [0.1, 0.15) is 0 Å². The van der Waals surface area contributed by atoms with Crippen molar-refractivity contribution in [3.05, 3.63) is 34.0 Å². The lowest BCUT2D eigenvalue weighted by atomic mass is 10.1. The van der Waals surface area contributed by atoms with E-state index in [1.165, 1.54) is 6.08 Å². The third-order valence-corrected chi connectivity index (χ3v) is 1.34. The molecule has 0 amide bonds. The van der Waals surface area contributed by atoms with Crippen molar-refractivity contribution in [3.8, 4) is 0 Å². The van der Waals surface area contributed by atoms with Gasteiger partial charge < -0.3 is 5.73 Å². The van der Waals surface area contributed by atoms with Crippen LogP contribution in [0.4, 0.5) is 0 Å². The Balaban J connectivity index is 2.69. The van der Waals surface area contributed by atoms with E-state index in [1.807, 2.05) is 0 Å². The van der Waals surface area contributed by atoms with E-state index < -0.39 is 6.04 Å². The van der Waals surface area contributed by atoms with Crippen molar-refractivity contribution >= 4 is 0 Å². The van der Waals surface area contributed by atoms with Crippen molar-refractivity contribution in [1.29, 1.82) is 0 Å². The van der Waals surface area contributed by atoms with Crippen molar-refractivity contribution in [1.82, 2.24) is 0 Å². The second kappa shape index (κ2) is 2.51. The van der Waals surface area contributed by atoms with Gasteiger partial charge in [0.15, 0.2) is 0 Å². The fraction of sp³-hybridized carbons (Fsp3) is 0.333. The molecule has 54 valence electrons. The molecule has 2 N–H and O–H groups in total. The molecule has 1 unspecified atom stereocenters. The minimum atomic E-state index is -0.620. The van der Waals surface area contributed by atoms with E-state index in [0.29, 0.717) is 12.1 Å². The van der Waals surface area contributed by atoms with Crippen LogP contribution in [0.1, 0.15) is 6.42 Å². The molecule has 0 aliphatic heterocycles. The summed E-state index contributed by atoms with van der Waals surface area (Å²) in [4.78, 5) is 9.83. The van der Waals surface area contributed by atoms with Gasteiger partial charge in [0.25, 0.3) is 0 Å². The first-order chi connectivity index (χ1) is 4.70. The molecule has 0 fully saturated rings. The van der Waals surface area contributed by atoms with Crippen LogP contribution in [-0.4, -0.2) is 11.0 Å². The zero-order valence-electron chi connectivity index (χ0n) is 5.36. The number of nitrogens with two attached hydrogens (primary N) is 1. The van der Waals surface area contributed by atoms with Gasteiger partial charge in [-0.05, 0) is 6.08 Å². The SMILES string of the molecule is NC1=CC([N+](=O)[O-])CC=C1. The van der Waals surface area contributed by atoms with Gasteiger partial charge in [0.05, 0.1) is 0 Å². The second-order valence-corrected chi connectivity index (χ2v) is 2.16. The van der Waals surface area contributed by atoms with E-state index in [0.717, 1.165) is 0 Å². The predicted octanol–water partition coefficient (Wildman–Crippen LogP) is 0.434. The first-order valence-electron chi connectivity index (χ1n) is 2.97. The summed E-state index contributed by atoms with van der Waals surface area (Å²) in [5.41, 5.74) is 5.81. The van der Waals surface area contributed by atoms with E-state index in [2.05, 4.69) is 0 Å². The lowest BCUT2D eigenvalue weighted by Gasteiger charge is -2.06. The lowest BCUT2D eigenvalue weighted by Crippen LogP contribution is -2.19. The van der Waals surface area contributed by atoms with Crippen LogP contribution >= 0.6 is 0 Å². The van der Waals surface area contributed by atoms with Crippen LogP contribution in [0, 0.1) is 10.1 Å². The first-order valence-corrected chi connectivity index (χ1v) is 2.97. The number of nitrogens with zero attached hydrogens (tertiary/aromatic N) is 1. The largest absolute Gasteiger partial charge is 0.399 e. The Morgan fingerprint density at radius 1 is 1.80 bits per heavy atom. The lowest BCUT2D eigenvalue weighted by molar-refractivity contribution is -0.508. The van der Waals surface area contributed by atoms with Gasteiger partial charge in [-0.2, -0.15) is 0 Å². The van der Waals surface area contributed by atoms with Gasteiger partial charge >= 0.3 is 0 Å². The Hall–Kier alpha value is -1.32. The molecule has 0 bridgehead atoms. The molecule has 0 aromatic heterocycles. The van der Waals surface area contributed by atoms with Crippen LogP contribution in [0.3, 0.4) is 0 Å². The summed E-state index contributed by atoms with van der Waals surface area (Å²) in [6.45, 7) is 0. The van der Waals surface area contributed by atoms with Gasteiger partial charge in [-0.3, -0.25) is 10.1 Å². The van der Waals surface area contributed by atoms with E-state index >= 15 is 0 Å². The molecule has 0 spiro atoms. The Labute approximate surface area is 58.2 Å². The van der Waals surface area contributed by atoms with Crippen LogP contribution in [0.25, 0.3) is 0 Å². The van der Waals surface area contributed by atoms with Crippen molar-refractivity contribution < 1.29 is 4.92 Å². The zero-order chi connectivity index (χ0) is 7.56. The molecule has 4 heteroatoms. The Morgan fingerprint density at radius 3 is 2.90 bits per heavy atom. The summed E-state index contributed by atoms with van der Waals surface area (Å²) < 4.78 is 0. The van der Waals surface area contributed by atoms with Gasteiger partial charge in [0.2, 0.25) is 6.04 Å². The number of rotatable bonds is 1. The van der Waals surface area contributed by atoms with Crippen molar-refractivity contribution in [2.45, 2.75) is 12.5 Å². The average Bonchev–Trinajstić information content (AvgIpc) is 1.88. The maximum atomic E-state index is 10.2. The van der Waals surface area contributed by atoms with Crippen LogP contribution in [0.2, 0.25) is 0 Å². The van der Waals surface area contributed by atoms with Gasteiger partial charge in [0, 0.05) is 23.1 Å². The van der Waals surface area contributed by atoms with E-state index in [1.54, 1.807) is 12.2 Å². The molecule has 0 saturated heterocycles. The minimum absolute atomic E-state index is 0.337. The van der Waals surface area contributed by atoms with E-state index in [-0.39, 0.29) is 4.92 Å². The summed E-state index contributed by atoms with van der Waals surface area (Å²) in [5.74, 6) is 0. The fourth-order valence-electron chi connectivity index (χ4n) is 0.836. The second-order valence-electron chi connectivity index (χ2n) is 2.16. The van der Waals surface area contributed by atoms with Crippen molar-refractivity contribution in [2.24, 2.45) is 5.73 Å². The molecule has 4 nitrogen and oxygen atoms in total. The monoisotopic (exact) mass is 140 g/mol. The molecular weight excluding hydrogens is 132 g/mol. The molecular formula is C6H8N2O2. The van der Waals surface area contributed by atoms with Crippen LogP contribution in [-0.2, 0) is 0 Å². The average molecular weight is 140 g/mol. The highest BCUT2D eigenvalue weighted by Crippen LogP contribution is 2.08. The highest BCUT2D eigenvalue weighted by molar-refractivity contribution is 5.21. The quantitative estimate of drug-likeness (QED) is 0.424. The third-order valence-electron chi connectivity index (χ3n) is 1.34. The van der Waals surface area contributed by atoms with Crippen molar-refractivity contribution in [2.75, 3.05) is 0 Å². The molecule has 0 saturated carbocycles. The Morgan fingerprint density at radius 2 is 2.50 bits per heavy atom. The summed E-state index contributed by atoms with van der Waals surface area (Å²) in [7, 11) is 0. The van der Waals surface area contributed by atoms with Gasteiger partial charge in [-0.15, -0.1) is 0 Å².